The third-order valence-corrected chi connectivity index (χ3v) is 4.67. The smallest absolute Gasteiger partial charge is 0.215 e. The second-order valence-electron chi connectivity index (χ2n) is 3.95. The van der Waals surface area contributed by atoms with Gasteiger partial charge in [-0.25, -0.2) is 13.1 Å². The van der Waals surface area contributed by atoms with Gasteiger partial charge in [-0.3, -0.25) is 4.21 Å². The first-order valence-electron chi connectivity index (χ1n) is 5.47. The number of nitrogens with two attached hydrogens (primary N) is 1. The summed E-state index contributed by atoms with van der Waals surface area (Å²) in [5, 5.41) is 0. The highest BCUT2D eigenvalue weighted by Gasteiger charge is 2.14. The summed E-state index contributed by atoms with van der Waals surface area (Å²) in [4.78, 5) is 0.167. The van der Waals surface area contributed by atoms with Crippen molar-refractivity contribution in [1.82, 2.24) is 4.72 Å². The Balaban J connectivity index is 2.78. The molecule has 3 N–H and O–H groups in total. The molecule has 0 aliphatic rings. The Kier molecular flexibility index (Phi) is 6.05. The molecular weight excluding hydrogens is 304 g/mol. The lowest BCUT2D eigenvalue weighted by molar-refractivity contribution is 0.583. The highest BCUT2D eigenvalue weighted by atomic mass is 32.2. The first kappa shape index (κ1) is 16.2. The van der Waals surface area contributed by atoms with Gasteiger partial charge in [-0.2, -0.15) is 0 Å². The fraction of sp³-hybridized carbons (Fsp3) is 0.364. The van der Waals surface area contributed by atoms with Crippen molar-refractivity contribution in [1.29, 1.82) is 0 Å². The molecular formula is C11H16N2O3S3. The van der Waals surface area contributed by atoms with E-state index in [0.717, 1.165) is 0 Å². The Bertz CT molecular complexity index is 585. The maximum atomic E-state index is 11.9. The molecule has 0 fully saturated rings. The maximum absolute atomic E-state index is 11.9. The largest absolute Gasteiger partial charge is 0.389 e. The summed E-state index contributed by atoms with van der Waals surface area (Å²) in [5.74, 6) is 0.0903. The predicted molar refractivity (Wildman–Crippen MR) is 81.9 cm³/mol. The summed E-state index contributed by atoms with van der Waals surface area (Å²) in [6, 6.07) is 6.84. The van der Waals surface area contributed by atoms with Crippen LogP contribution in [0.25, 0.3) is 0 Å². The van der Waals surface area contributed by atoms with Crippen LogP contribution in [0.1, 0.15) is 11.1 Å². The van der Waals surface area contributed by atoms with Crippen LogP contribution < -0.4 is 10.5 Å². The fourth-order valence-corrected chi connectivity index (χ4v) is 3.38. The van der Waals surface area contributed by atoms with Crippen LogP contribution in [0.4, 0.5) is 0 Å². The molecule has 0 heterocycles. The SMILES string of the molecule is CS(=O)CCNS(=O)(=O)Cc1ccccc1C(N)=S. The van der Waals surface area contributed by atoms with E-state index in [1.54, 1.807) is 24.3 Å². The highest BCUT2D eigenvalue weighted by Crippen LogP contribution is 2.11. The standard InChI is InChI=1S/C11H16N2O3S3/c1-18(14)7-6-13-19(15,16)8-9-4-2-3-5-10(9)11(12)17/h2-5,13H,6-8H2,1H3,(H2,12,17). The molecule has 1 aromatic rings. The van der Waals surface area contributed by atoms with Crippen LogP contribution in [0, 0.1) is 0 Å². The van der Waals surface area contributed by atoms with Gasteiger partial charge in [-0.05, 0) is 5.56 Å². The predicted octanol–water partition coefficient (Wildman–Crippen LogP) is 0.119. The average molecular weight is 320 g/mol. The van der Waals surface area contributed by atoms with Crippen LogP contribution in [0.5, 0.6) is 0 Å². The molecule has 0 aliphatic carbocycles. The third kappa shape index (κ3) is 5.77. The summed E-state index contributed by atoms with van der Waals surface area (Å²) in [5.41, 5.74) is 6.66. The Labute approximate surface area is 121 Å². The lowest BCUT2D eigenvalue weighted by atomic mass is 10.1. The van der Waals surface area contributed by atoms with Crippen LogP contribution in [0.15, 0.2) is 24.3 Å². The third-order valence-electron chi connectivity index (χ3n) is 2.34. The first-order chi connectivity index (χ1) is 8.82. The zero-order valence-corrected chi connectivity index (χ0v) is 12.9. The summed E-state index contributed by atoms with van der Waals surface area (Å²) in [6.07, 6.45) is 1.52. The molecule has 0 aliphatic heterocycles. The lowest BCUT2D eigenvalue weighted by Gasteiger charge is -2.09. The van der Waals surface area contributed by atoms with E-state index < -0.39 is 20.8 Å². The molecule has 0 saturated heterocycles. The number of hydrogen-bond donors (Lipinski definition) is 2. The van der Waals surface area contributed by atoms with Crippen LogP contribution in [-0.2, 0) is 26.6 Å². The molecule has 106 valence electrons. The second kappa shape index (κ2) is 7.09. The molecule has 19 heavy (non-hydrogen) atoms. The molecule has 0 amide bonds. The molecule has 0 spiro atoms. The quantitative estimate of drug-likeness (QED) is 0.697. The topological polar surface area (TPSA) is 89.3 Å². The molecule has 0 aromatic heterocycles. The summed E-state index contributed by atoms with van der Waals surface area (Å²) < 4.78 is 37.0. The second-order valence-corrected chi connectivity index (χ2v) is 7.75. The number of hydrogen-bond acceptors (Lipinski definition) is 4. The molecule has 1 aromatic carbocycles. The number of benzene rings is 1. The van der Waals surface area contributed by atoms with Crippen molar-refractivity contribution in [2.75, 3.05) is 18.6 Å². The molecule has 0 radical (unpaired) electrons. The Morgan fingerprint density at radius 3 is 2.63 bits per heavy atom. The van der Waals surface area contributed by atoms with Gasteiger partial charge >= 0.3 is 0 Å². The van der Waals surface area contributed by atoms with Gasteiger partial charge < -0.3 is 5.73 Å². The number of nitrogens with one attached hydrogen (secondary N) is 1. The van der Waals surface area contributed by atoms with E-state index in [1.165, 1.54) is 6.26 Å². The molecule has 1 unspecified atom stereocenters. The van der Waals surface area contributed by atoms with Crippen molar-refractivity contribution >= 4 is 38.0 Å². The van der Waals surface area contributed by atoms with E-state index in [4.69, 9.17) is 18.0 Å². The summed E-state index contributed by atoms with van der Waals surface area (Å²) in [6.45, 7) is 0.153. The van der Waals surface area contributed by atoms with Gasteiger partial charge in [0.2, 0.25) is 10.0 Å². The van der Waals surface area contributed by atoms with Crippen molar-refractivity contribution in [3.8, 4) is 0 Å². The molecule has 0 saturated carbocycles. The van der Waals surface area contributed by atoms with Crippen LogP contribution in [0.3, 0.4) is 0 Å². The molecule has 5 nitrogen and oxygen atoms in total. The van der Waals surface area contributed by atoms with Crippen molar-refractivity contribution in [2.45, 2.75) is 5.75 Å². The minimum atomic E-state index is -3.49. The van der Waals surface area contributed by atoms with Gasteiger partial charge in [0, 0.05) is 34.9 Å². The maximum Gasteiger partial charge on any atom is 0.215 e. The summed E-state index contributed by atoms with van der Waals surface area (Å²) in [7, 11) is -4.51. The first-order valence-corrected chi connectivity index (χ1v) is 9.25. The van der Waals surface area contributed by atoms with Crippen molar-refractivity contribution < 1.29 is 12.6 Å². The van der Waals surface area contributed by atoms with E-state index in [1.807, 2.05) is 0 Å². The van der Waals surface area contributed by atoms with Gasteiger partial charge in [0.25, 0.3) is 0 Å². The average Bonchev–Trinajstić information content (AvgIpc) is 2.27. The monoisotopic (exact) mass is 320 g/mol. The number of rotatable bonds is 7. The summed E-state index contributed by atoms with van der Waals surface area (Å²) >= 11 is 4.88. The lowest BCUT2D eigenvalue weighted by Crippen LogP contribution is -2.29. The fourth-order valence-electron chi connectivity index (χ4n) is 1.48. The zero-order valence-electron chi connectivity index (χ0n) is 10.5. The van der Waals surface area contributed by atoms with E-state index in [0.29, 0.717) is 11.1 Å². The van der Waals surface area contributed by atoms with Crippen molar-refractivity contribution in [3.63, 3.8) is 0 Å². The Morgan fingerprint density at radius 2 is 2.05 bits per heavy atom. The molecule has 1 atom stereocenters. The zero-order chi connectivity index (χ0) is 14.5. The van der Waals surface area contributed by atoms with Gasteiger partial charge in [-0.1, -0.05) is 36.5 Å². The number of sulfonamides is 1. The Hall–Kier alpha value is -0.830. The molecule has 8 heteroatoms. The van der Waals surface area contributed by atoms with Crippen molar-refractivity contribution in [3.05, 3.63) is 35.4 Å². The van der Waals surface area contributed by atoms with E-state index >= 15 is 0 Å². The minimum absolute atomic E-state index is 0.153. The van der Waals surface area contributed by atoms with Gasteiger partial charge in [0.1, 0.15) is 4.99 Å². The number of thiocarbonyl (C=S) groups is 1. The van der Waals surface area contributed by atoms with Crippen molar-refractivity contribution in [2.24, 2.45) is 5.73 Å². The van der Waals surface area contributed by atoms with Gasteiger partial charge in [-0.15, -0.1) is 0 Å². The van der Waals surface area contributed by atoms with E-state index in [2.05, 4.69) is 4.72 Å². The van der Waals surface area contributed by atoms with Crippen LogP contribution in [0.2, 0.25) is 0 Å². The normalized spacial score (nSPS) is 13.1. The van der Waals surface area contributed by atoms with Gasteiger partial charge in [0.15, 0.2) is 0 Å². The van der Waals surface area contributed by atoms with E-state index in [9.17, 15) is 12.6 Å². The van der Waals surface area contributed by atoms with E-state index in [-0.39, 0.29) is 23.0 Å². The van der Waals surface area contributed by atoms with Crippen LogP contribution >= 0.6 is 12.2 Å². The van der Waals surface area contributed by atoms with Gasteiger partial charge in [0.05, 0.1) is 5.75 Å². The molecule has 0 bridgehead atoms. The van der Waals surface area contributed by atoms with Crippen LogP contribution in [-0.4, -0.2) is 36.2 Å². The highest BCUT2D eigenvalue weighted by molar-refractivity contribution is 7.88. The Morgan fingerprint density at radius 1 is 1.42 bits per heavy atom. The molecule has 1 rings (SSSR count). The minimum Gasteiger partial charge on any atom is -0.389 e.